The SMILES string of the molecule is CC(CO)SC1CCN(C)C1. The molecule has 0 spiro atoms. The first kappa shape index (κ1) is 9.36. The molecule has 1 aliphatic rings. The Morgan fingerprint density at radius 1 is 1.73 bits per heavy atom. The second-order valence-electron chi connectivity index (χ2n) is 3.30. The number of aliphatic hydroxyl groups excluding tert-OH is 1. The summed E-state index contributed by atoms with van der Waals surface area (Å²) in [6, 6.07) is 0. The highest BCUT2D eigenvalue weighted by molar-refractivity contribution is 8.00. The van der Waals surface area contributed by atoms with Crippen LogP contribution in [0.4, 0.5) is 0 Å². The lowest BCUT2D eigenvalue weighted by Crippen LogP contribution is -2.17. The lowest BCUT2D eigenvalue weighted by atomic mass is 10.4. The van der Waals surface area contributed by atoms with E-state index in [-0.39, 0.29) is 0 Å². The first-order valence-electron chi connectivity index (χ1n) is 4.17. The van der Waals surface area contributed by atoms with Crippen molar-refractivity contribution in [1.82, 2.24) is 4.90 Å². The quantitative estimate of drug-likeness (QED) is 0.686. The Balaban J connectivity index is 2.17. The van der Waals surface area contributed by atoms with Gasteiger partial charge in [0.1, 0.15) is 0 Å². The third kappa shape index (κ3) is 3.01. The van der Waals surface area contributed by atoms with E-state index in [0.717, 1.165) is 5.25 Å². The summed E-state index contributed by atoms with van der Waals surface area (Å²) in [4.78, 5) is 2.35. The molecule has 2 atom stereocenters. The van der Waals surface area contributed by atoms with Gasteiger partial charge >= 0.3 is 0 Å². The Bertz CT molecular complexity index is 121. The van der Waals surface area contributed by atoms with Crippen LogP contribution in [0.25, 0.3) is 0 Å². The Hall–Kier alpha value is 0.270. The number of aliphatic hydroxyl groups is 1. The van der Waals surface area contributed by atoms with E-state index in [1.807, 2.05) is 11.8 Å². The molecule has 0 radical (unpaired) electrons. The van der Waals surface area contributed by atoms with Gasteiger partial charge in [-0.05, 0) is 20.0 Å². The molecule has 1 heterocycles. The standard InChI is InChI=1S/C8H17NOS/c1-7(6-10)11-8-3-4-9(2)5-8/h7-8,10H,3-6H2,1-2H3. The molecule has 11 heavy (non-hydrogen) atoms. The summed E-state index contributed by atoms with van der Waals surface area (Å²) >= 11 is 1.92. The van der Waals surface area contributed by atoms with Gasteiger partial charge in [-0.15, -0.1) is 0 Å². The van der Waals surface area contributed by atoms with Crippen LogP contribution in [0, 0.1) is 0 Å². The number of hydrogen-bond acceptors (Lipinski definition) is 3. The molecular formula is C8H17NOS. The molecule has 1 N–H and O–H groups in total. The average Bonchev–Trinajstić information content (AvgIpc) is 2.35. The van der Waals surface area contributed by atoms with E-state index in [1.165, 1.54) is 19.5 Å². The van der Waals surface area contributed by atoms with Gasteiger partial charge in [0, 0.05) is 17.0 Å². The smallest absolute Gasteiger partial charge is 0.0547 e. The highest BCUT2D eigenvalue weighted by Gasteiger charge is 2.21. The molecule has 0 bridgehead atoms. The molecule has 0 amide bonds. The zero-order chi connectivity index (χ0) is 8.27. The predicted octanol–water partition coefficient (Wildman–Crippen LogP) is 0.804. The molecule has 0 aliphatic carbocycles. The van der Waals surface area contributed by atoms with E-state index in [4.69, 9.17) is 5.11 Å². The van der Waals surface area contributed by atoms with Crippen LogP contribution < -0.4 is 0 Å². The third-order valence-corrected chi connectivity index (χ3v) is 3.41. The summed E-state index contributed by atoms with van der Waals surface area (Å²) in [6.45, 7) is 4.80. The van der Waals surface area contributed by atoms with Gasteiger partial charge in [-0.3, -0.25) is 0 Å². The zero-order valence-corrected chi connectivity index (χ0v) is 8.10. The fourth-order valence-corrected chi connectivity index (χ4v) is 2.70. The molecule has 0 aromatic carbocycles. The minimum Gasteiger partial charge on any atom is -0.395 e. The van der Waals surface area contributed by atoms with E-state index in [1.54, 1.807) is 0 Å². The van der Waals surface area contributed by atoms with E-state index in [0.29, 0.717) is 11.9 Å². The largest absolute Gasteiger partial charge is 0.395 e. The Morgan fingerprint density at radius 2 is 2.45 bits per heavy atom. The lowest BCUT2D eigenvalue weighted by molar-refractivity contribution is 0.299. The van der Waals surface area contributed by atoms with E-state index in [2.05, 4.69) is 18.9 Å². The number of rotatable bonds is 3. The number of thioether (sulfide) groups is 1. The van der Waals surface area contributed by atoms with Crippen LogP contribution in [0.2, 0.25) is 0 Å². The average molecular weight is 175 g/mol. The fraction of sp³-hybridized carbons (Fsp3) is 1.00. The highest BCUT2D eigenvalue weighted by Crippen LogP contribution is 2.24. The minimum atomic E-state index is 0.310. The molecule has 0 aromatic heterocycles. The maximum atomic E-state index is 8.83. The van der Waals surface area contributed by atoms with Crippen LogP contribution in [0.5, 0.6) is 0 Å². The first-order chi connectivity index (χ1) is 5.22. The summed E-state index contributed by atoms with van der Waals surface area (Å²) in [5.74, 6) is 0. The predicted molar refractivity (Wildman–Crippen MR) is 50.0 cm³/mol. The Morgan fingerprint density at radius 3 is 2.91 bits per heavy atom. The Kier molecular flexibility index (Phi) is 3.69. The van der Waals surface area contributed by atoms with Gasteiger partial charge in [-0.2, -0.15) is 11.8 Å². The first-order valence-corrected chi connectivity index (χ1v) is 5.11. The molecule has 1 fully saturated rings. The van der Waals surface area contributed by atoms with Gasteiger partial charge < -0.3 is 10.0 Å². The summed E-state index contributed by atoms with van der Waals surface area (Å²) in [5, 5.41) is 9.99. The van der Waals surface area contributed by atoms with Gasteiger partial charge in [0.2, 0.25) is 0 Å². The van der Waals surface area contributed by atoms with Crippen molar-refractivity contribution in [3.63, 3.8) is 0 Å². The number of nitrogens with zero attached hydrogens (tertiary/aromatic N) is 1. The van der Waals surface area contributed by atoms with Gasteiger partial charge in [0.25, 0.3) is 0 Å². The minimum absolute atomic E-state index is 0.310. The molecule has 66 valence electrons. The van der Waals surface area contributed by atoms with Crippen LogP contribution in [0.15, 0.2) is 0 Å². The molecule has 0 aromatic rings. The van der Waals surface area contributed by atoms with Gasteiger partial charge in [-0.25, -0.2) is 0 Å². The summed E-state index contributed by atoms with van der Waals surface area (Å²) in [6.07, 6.45) is 1.28. The van der Waals surface area contributed by atoms with Crippen LogP contribution in [-0.4, -0.2) is 47.3 Å². The van der Waals surface area contributed by atoms with Crippen LogP contribution in [0.1, 0.15) is 13.3 Å². The summed E-state index contributed by atoms with van der Waals surface area (Å²) < 4.78 is 0. The molecule has 0 saturated carbocycles. The van der Waals surface area contributed by atoms with Crippen LogP contribution in [0.3, 0.4) is 0 Å². The normalized spacial score (nSPS) is 29.2. The monoisotopic (exact) mass is 175 g/mol. The van der Waals surface area contributed by atoms with Crippen molar-refractivity contribution >= 4 is 11.8 Å². The van der Waals surface area contributed by atoms with E-state index in [9.17, 15) is 0 Å². The highest BCUT2D eigenvalue weighted by atomic mass is 32.2. The molecule has 1 aliphatic heterocycles. The maximum absolute atomic E-state index is 8.83. The molecule has 1 saturated heterocycles. The van der Waals surface area contributed by atoms with E-state index >= 15 is 0 Å². The van der Waals surface area contributed by atoms with Crippen molar-refractivity contribution in [3.8, 4) is 0 Å². The second kappa shape index (κ2) is 4.33. The number of likely N-dealkylation sites (tertiary alicyclic amines) is 1. The van der Waals surface area contributed by atoms with Crippen molar-refractivity contribution in [2.75, 3.05) is 26.7 Å². The topological polar surface area (TPSA) is 23.5 Å². The molecule has 1 rings (SSSR count). The van der Waals surface area contributed by atoms with Crippen molar-refractivity contribution in [3.05, 3.63) is 0 Å². The summed E-state index contributed by atoms with van der Waals surface area (Å²) in [5.41, 5.74) is 0. The zero-order valence-electron chi connectivity index (χ0n) is 7.29. The van der Waals surface area contributed by atoms with Crippen LogP contribution in [-0.2, 0) is 0 Å². The van der Waals surface area contributed by atoms with Crippen molar-refractivity contribution < 1.29 is 5.11 Å². The van der Waals surface area contributed by atoms with Crippen molar-refractivity contribution in [1.29, 1.82) is 0 Å². The molecular weight excluding hydrogens is 158 g/mol. The van der Waals surface area contributed by atoms with Crippen molar-refractivity contribution in [2.45, 2.75) is 23.8 Å². The van der Waals surface area contributed by atoms with Gasteiger partial charge in [0.15, 0.2) is 0 Å². The maximum Gasteiger partial charge on any atom is 0.0547 e. The van der Waals surface area contributed by atoms with E-state index < -0.39 is 0 Å². The fourth-order valence-electron chi connectivity index (χ4n) is 1.38. The Labute approximate surface area is 73.0 Å². The van der Waals surface area contributed by atoms with Gasteiger partial charge in [0.05, 0.1) is 6.61 Å². The lowest BCUT2D eigenvalue weighted by Gasteiger charge is -2.13. The molecule has 3 heteroatoms. The number of hydrogen-bond donors (Lipinski definition) is 1. The molecule has 2 nitrogen and oxygen atoms in total. The summed E-state index contributed by atoms with van der Waals surface area (Å²) in [7, 11) is 2.16. The third-order valence-electron chi connectivity index (χ3n) is 2.03. The molecule has 2 unspecified atom stereocenters. The van der Waals surface area contributed by atoms with Gasteiger partial charge in [-0.1, -0.05) is 6.92 Å². The van der Waals surface area contributed by atoms with Crippen molar-refractivity contribution in [2.24, 2.45) is 0 Å². The van der Waals surface area contributed by atoms with Crippen LogP contribution >= 0.6 is 11.8 Å². The second-order valence-corrected chi connectivity index (χ2v) is 5.05.